The van der Waals surface area contributed by atoms with E-state index in [1.54, 1.807) is 0 Å². The molecule has 0 aromatic heterocycles. The van der Waals surface area contributed by atoms with Crippen LogP contribution in [-0.2, 0) is 4.74 Å². The van der Waals surface area contributed by atoms with Crippen molar-refractivity contribution in [3.05, 3.63) is 0 Å². The molecule has 0 saturated carbocycles. The molecule has 0 aliphatic carbocycles. The lowest BCUT2D eigenvalue weighted by atomic mass is 9.95. The summed E-state index contributed by atoms with van der Waals surface area (Å²) < 4.78 is 5.80. The smallest absolute Gasteiger partial charge is 0.0529 e. The Labute approximate surface area is 115 Å². The van der Waals surface area contributed by atoms with Crippen molar-refractivity contribution in [1.82, 2.24) is 5.32 Å². The summed E-state index contributed by atoms with van der Waals surface area (Å²) in [6.45, 7) is 13.0. The van der Waals surface area contributed by atoms with E-state index in [0.717, 1.165) is 26.3 Å². The minimum atomic E-state index is 0.261. The van der Waals surface area contributed by atoms with Crippen LogP contribution in [0.2, 0.25) is 0 Å². The molecule has 2 heteroatoms. The SMILES string of the molecule is CCCCCCCCOCC(C)(C)CNCCC. The van der Waals surface area contributed by atoms with Crippen LogP contribution in [0.25, 0.3) is 0 Å². The van der Waals surface area contributed by atoms with Crippen molar-refractivity contribution in [3.63, 3.8) is 0 Å². The number of nitrogens with one attached hydrogen (secondary N) is 1. The summed E-state index contributed by atoms with van der Waals surface area (Å²) >= 11 is 0. The van der Waals surface area contributed by atoms with Crippen LogP contribution < -0.4 is 5.32 Å². The van der Waals surface area contributed by atoms with E-state index in [0.29, 0.717) is 0 Å². The second-order valence-electron chi connectivity index (χ2n) is 6.16. The molecule has 0 aliphatic heterocycles. The Bertz CT molecular complexity index is 168. The molecule has 0 aliphatic rings. The van der Waals surface area contributed by atoms with E-state index in [4.69, 9.17) is 4.74 Å². The number of ether oxygens (including phenoxy) is 1. The Hall–Kier alpha value is -0.0800. The first kappa shape index (κ1) is 17.9. The third-order valence-corrected chi connectivity index (χ3v) is 3.17. The molecule has 0 spiro atoms. The van der Waals surface area contributed by atoms with Gasteiger partial charge in [-0.15, -0.1) is 0 Å². The van der Waals surface area contributed by atoms with Crippen LogP contribution in [0.3, 0.4) is 0 Å². The lowest BCUT2D eigenvalue weighted by Gasteiger charge is -2.24. The van der Waals surface area contributed by atoms with Gasteiger partial charge in [-0.25, -0.2) is 0 Å². The first-order chi connectivity index (χ1) is 8.62. The van der Waals surface area contributed by atoms with Gasteiger partial charge in [-0.1, -0.05) is 59.8 Å². The Kier molecular flexibility index (Phi) is 11.9. The average molecular weight is 257 g/mol. The molecule has 110 valence electrons. The molecule has 0 unspecified atom stereocenters. The maximum Gasteiger partial charge on any atom is 0.0529 e. The molecule has 0 fully saturated rings. The Morgan fingerprint density at radius 2 is 1.56 bits per heavy atom. The van der Waals surface area contributed by atoms with Gasteiger partial charge in [-0.2, -0.15) is 0 Å². The lowest BCUT2D eigenvalue weighted by Crippen LogP contribution is -2.33. The number of unbranched alkanes of at least 4 members (excludes halogenated alkanes) is 5. The number of hydrogen-bond donors (Lipinski definition) is 1. The highest BCUT2D eigenvalue weighted by Gasteiger charge is 2.17. The molecular formula is C16H35NO. The lowest BCUT2D eigenvalue weighted by molar-refractivity contribution is 0.0597. The van der Waals surface area contributed by atoms with Crippen molar-refractivity contribution in [2.24, 2.45) is 5.41 Å². The molecule has 0 aromatic carbocycles. The highest BCUT2D eigenvalue weighted by Crippen LogP contribution is 2.14. The molecule has 0 rings (SSSR count). The third-order valence-electron chi connectivity index (χ3n) is 3.17. The number of hydrogen-bond acceptors (Lipinski definition) is 2. The molecule has 0 aromatic rings. The third kappa shape index (κ3) is 12.4. The summed E-state index contributed by atoms with van der Waals surface area (Å²) in [5, 5.41) is 3.47. The average Bonchev–Trinajstić information content (AvgIpc) is 2.33. The van der Waals surface area contributed by atoms with Crippen LogP contribution in [0.1, 0.15) is 72.6 Å². The van der Waals surface area contributed by atoms with E-state index in [-0.39, 0.29) is 5.41 Å². The van der Waals surface area contributed by atoms with Crippen molar-refractivity contribution in [2.75, 3.05) is 26.3 Å². The van der Waals surface area contributed by atoms with Gasteiger partial charge >= 0.3 is 0 Å². The van der Waals surface area contributed by atoms with E-state index in [1.165, 1.54) is 44.9 Å². The van der Waals surface area contributed by atoms with Crippen LogP contribution >= 0.6 is 0 Å². The first-order valence-corrected chi connectivity index (χ1v) is 7.91. The summed E-state index contributed by atoms with van der Waals surface area (Å²) in [5.41, 5.74) is 0.261. The minimum Gasteiger partial charge on any atom is -0.381 e. The van der Waals surface area contributed by atoms with Crippen molar-refractivity contribution >= 4 is 0 Å². The normalized spacial score (nSPS) is 12.0. The molecule has 2 nitrogen and oxygen atoms in total. The quantitative estimate of drug-likeness (QED) is 0.494. The second-order valence-corrected chi connectivity index (χ2v) is 6.16. The summed E-state index contributed by atoms with van der Waals surface area (Å²) in [7, 11) is 0. The standard InChI is InChI=1S/C16H35NO/c1-5-7-8-9-10-11-13-18-15-16(3,4)14-17-12-6-2/h17H,5-15H2,1-4H3. The van der Waals surface area contributed by atoms with E-state index < -0.39 is 0 Å². The molecule has 18 heavy (non-hydrogen) atoms. The van der Waals surface area contributed by atoms with Gasteiger partial charge in [0.2, 0.25) is 0 Å². The van der Waals surface area contributed by atoms with E-state index in [1.807, 2.05) is 0 Å². The van der Waals surface area contributed by atoms with Crippen LogP contribution in [0.15, 0.2) is 0 Å². The molecule has 0 amide bonds. The predicted octanol–water partition coefficient (Wildman–Crippen LogP) is 4.39. The highest BCUT2D eigenvalue weighted by molar-refractivity contribution is 4.70. The van der Waals surface area contributed by atoms with Crippen LogP contribution in [0, 0.1) is 5.41 Å². The van der Waals surface area contributed by atoms with Gasteiger partial charge in [0.05, 0.1) is 6.61 Å². The van der Waals surface area contributed by atoms with Gasteiger partial charge in [0.15, 0.2) is 0 Å². The summed E-state index contributed by atoms with van der Waals surface area (Å²) in [6.07, 6.45) is 9.24. The Morgan fingerprint density at radius 1 is 0.889 bits per heavy atom. The van der Waals surface area contributed by atoms with Gasteiger partial charge < -0.3 is 10.1 Å². The molecule has 0 heterocycles. The zero-order valence-corrected chi connectivity index (χ0v) is 13.2. The van der Waals surface area contributed by atoms with Gasteiger partial charge in [0, 0.05) is 18.6 Å². The largest absolute Gasteiger partial charge is 0.381 e. The zero-order chi connectivity index (χ0) is 13.7. The van der Waals surface area contributed by atoms with Crippen LogP contribution in [0.5, 0.6) is 0 Å². The maximum atomic E-state index is 5.80. The molecule has 0 radical (unpaired) electrons. The topological polar surface area (TPSA) is 21.3 Å². The predicted molar refractivity (Wildman–Crippen MR) is 81.1 cm³/mol. The molecular weight excluding hydrogens is 222 g/mol. The van der Waals surface area contributed by atoms with Crippen molar-refractivity contribution in [2.45, 2.75) is 72.6 Å². The van der Waals surface area contributed by atoms with E-state index in [2.05, 4.69) is 33.0 Å². The van der Waals surface area contributed by atoms with Crippen molar-refractivity contribution < 1.29 is 4.74 Å². The number of rotatable bonds is 13. The first-order valence-electron chi connectivity index (χ1n) is 7.91. The fourth-order valence-corrected chi connectivity index (χ4v) is 1.99. The van der Waals surface area contributed by atoms with Crippen molar-refractivity contribution in [3.8, 4) is 0 Å². The fourth-order valence-electron chi connectivity index (χ4n) is 1.99. The highest BCUT2D eigenvalue weighted by atomic mass is 16.5. The summed E-state index contributed by atoms with van der Waals surface area (Å²) in [4.78, 5) is 0. The second kappa shape index (κ2) is 12.0. The van der Waals surface area contributed by atoms with Crippen LogP contribution in [-0.4, -0.2) is 26.3 Å². The fraction of sp³-hybridized carbons (Fsp3) is 1.00. The van der Waals surface area contributed by atoms with Gasteiger partial charge in [-0.3, -0.25) is 0 Å². The molecule has 0 bridgehead atoms. The minimum absolute atomic E-state index is 0.261. The molecule has 0 saturated heterocycles. The molecule has 0 atom stereocenters. The van der Waals surface area contributed by atoms with E-state index in [9.17, 15) is 0 Å². The van der Waals surface area contributed by atoms with E-state index >= 15 is 0 Å². The zero-order valence-electron chi connectivity index (χ0n) is 13.2. The van der Waals surface area contributed by atoms with Gasteiger partial charge in [-0.05, 0) is 19.4 Å². The van der Waals surface area contributed by atoms with Gasteiger partial charge in [0.25, 0.3) is 0 Å². The van der Waals surface area contributed by atoms with Gasteiger partial charge in [0.1, 0.15) is 0 Å². The molecule has 1 N–H and O–H groups in total. The van der Waals surface area contributed by atoms with Crippen molar-refractivity contribution in [1.29, 1.82) is 0 Å². The Morgan fingerprint density at radius 3 is 2.22 bits per heavy atom. The van der Waals surface area contributed by atoms with Crippen LogP contribution in [0.4, 0.5) is 0 Å². The maximum absolute atomic E-state index is 5.80. The monoisotopic (exact) mass is 257 g/mol. The summed E-state index contributed by atoms with van der Waals surface area (Å²) in [5.74, 6) is 0. The summed E-state index contributed by atoms with van der Waals surface area (Å²) in [6, 6.07) is 0. The Balaban J connectivity index is 3.30.